The van der Waals surface area contributed by atoms with E-state index in [2.05, 4.69) is 15.7 Å². The quantitative estimate of drug-likeness (QED) is 0.666. The smallest absolute Gasteiger partial charge is 0.276 e. The van der Waals surface area contributed by atoms with Gasteiger partial charge in [0.15, 0.2) is 0 Å². The molecule has 0 aliphatic heterocycles. The van der Waals surface area contributed by atoms with E-state index in [4.69, 9.17) is 4.74 Å². The van der Waals surface area contributed by atoms with Gasteiger partial charge in [0, 0.05) is 11.8 Å². The lowest BCUT2D eigenvalue weighted by atomic mass is 10.3. The summed E-state index contributed by atoms with van der Waals surface area (Å²) in [6, 6.07) is 14.7. The van der Waals surface area contributed by atoms with Gasteiger partial charge in [-0.15, -0.1) is 0 Å². The average molecular weight is 396 g/mol. The number of hydrogen-bond donors (Lipinski definition) is 2. The standard InChI is InChI=1S/C20H17FN4O4/c1-29-14-8-6-13(7-9-14)22-20(28)17-10-11-19(27)25(24-17)12-18(26)23-16-5-3-2-4-15(16)21/h2-11H,12H2,1H3,(H,22,28)(H,23,26). The van der Waals surface area contributed by atoms with Gasteiger partial charge in [0.25, 0.3) is 11.5 Å². The minimum absolute atomic E-state index is 0.0149. The first-order valence-corrected chi connectivity index (χ1v) is 8.54. The van der Waals surface area contributed by atoms with Crippen LogP contribution >= 0.6 is 0 Å². The number of amides is 2. The van der Waals surface area contributed by atoms with Crippen molar-refractivity contribution >= 4 is 23.2 Å². The number of rotatable bonds is 6. The molecule has 2 aromatic carbocycles. The van der Waals surface area contributed by atoms with Gasteiger partial charge >= 0.3 is 0 Å². The molecular formula is C20H17FN4O4. The van der Waals surface area contributed by atoms with Gasteiger partial charge in [-0.3, -0.25) is 14.4 Å². The van der Waals surface area contributed by atoms with Crippen LogP contribution in [0.4, 0.5) is 15.8 Å². The molecule has 0 atom stereocenters. The van der Waals surface area contributed by atoms with Crippen molar-refractivity contribution in [3.05, 3.63) is 82.5 Å². The summed E-state index contributed by atoms with van der Waals surface area (Å²) in [5.74, 6) is -1.18. The highest BCUT2D eigenvalue weighted by Crippen LogP contribution is 2.15. The monoisotopic (exact) mass is 396 g/mol. The highest BCUT2D eigenvalue weighted by molar-refractivity contribution is 6.02. The Morgan fingerprint density at radius 1 is 1.03 bits per heavy atom. The SMILES string of the molecule is COc1ccc(NC(=O)c2ccc(=O)n(CC(=O)Nc3ccccc3F)n2)cc1. The molecule has 0 fully saturated rings. The topological polar surface area (TPSA) is 102 Å². The van der Waals surface area contributed by atoms with E-state index in [-0.39, 0.29) is 11.4 Å². The maximum atomic E-state index is 13.6. The molecule has 9 heteroatoms. The molecule has 1 aromatic heterocycles. The third-order valence-electron chi connectivity index (χ3n) is 3.89. The molecule has 1 heterocycles. The molecule has 2 amide bonds. The average Bonchev–Trinajstić information content (AvgIpc) is 2.72. The summed E-state index contributed by atoms with van der Waals surface area (Å²) in [5.41, 5.74) is -0.139. The zero-order valence-corrected chi connectivity index (χ0v) is 15.4. The van der Waals surface area contributed by atoms with E-state index in [1.54, 1.807) is 30.3 Å². The van der Waals surface area contributed by atoms with E-state index >= 15 is 0 Å². The lowest BCUT2D eigenvalue weighted by Gasteiger charge is -2.09. The summed E-state index contributed by atoms with van der Waals surface area (Å²) >= 11 is 0. The molecule has 3 rings (SSSR count). The number of nitrogens with one attached hydrogen (secondary N) is 2. The number of halogens is 1. The third kappa shape index (κ3) is 5.04. The number of carbonyl (C=O) groups is 2. The molecule has 8 nitrogen and oxygen atoms in total. The van der Waals surface area contributed by atoms with Crippen molar-refractivity contribution in [3.8, 4) is 5.75 Å². The summed E-state index contributed by atoms with van der Waals surface area (Å²) < 4.78 is 19.5. The predicted molar refractivity (Wildman–Crippen MR) is 104 cm³/mol. The number of aromatic nitrogens is 2. The maximum Gasteiger partial charge on any atom is 0.276 e. The van der Waals surface area contributed by atoms with Crippen molar-refractivity contribution in [2.75, 3.05) is 17.7 Å². The minimum atomic E-state index is -0.655. The number of methoxy groups -OCH3 is 1. The second kappa shape index (κ2) is 8.79. The van der Waals surface area contributed by atoms with Crippen molar-refractivity contribution in [2.24, 2.45) is 0 Å². The summed E-state index contributed by atoms with van der Waals surface area (Å²) in [4.78, 5) is 36.5. The first-order valence-electron chi connectivity index (χ1n) is 8.54. The van der Waals surface area contributed by atoms with Crippen LogP contribution < -0.4 is 20.9 Å². The molecule has 0 aliphatic carbocycles. The van der Waals surface area contributed by atoms with E-state index in [1.165, 1.54) is 31.4 Å². The summed E-state index contributed by atoms with van der Waals surface area (Å²) in [6.45, 7) is -0.475. The zero-order valence-electron chi connectivity index (χ0n) is 15.4. The Morgan fingerprint density at radius 2 is 1.76 bits per heavy atom. The third-order valence-corrected chi connectivity index (χ3v) is 3.89. The van der Waals surface area contributed by atoms with Crippen LogP contribution in [-0.2, 0) is 11.3 Å². The Morgan fingerprint density at radius 3 is 2.45 bits per heavy atom. The molecule has 0 aliphatic rings. The van der Waals surface area contributed by atoms with Gasteiger partial charge < -0.3 is 15.4 Å². The molecule has 0 saturated heterocycles. The van der Waals surface area contributed by atoms with Crippen molar-refractivity contribution in [3.63, 3.8) is 0 Å². The Hall–Kier alpha value is -4.01. The fourth-order valence-electron chi connectivity index (χ4n) is 2.44. The number of ether oxygens (including phenoxy) is 1. The largest absolute Gasteiger partial charge is 0.497 e. The number of carbonyl (C=O) groups excluding carboxylic acids is 2. The molecule has 29 heavy (non-hydrogen) atoms. The second-order valence-electron chi connectivity index (χ2n) is 5.93. The van der Waals surface area contributed by atoms with Gasteiger partial charge in [-0.2, -0.15) is 5.10 Å². The van der Waals surface area contributed by atoms with Crippen LogP contribution in [0.5, 0.6) is 5.75 Å². The van der Waals surface area contributed by atoms with Crippen LogP contribution in [0.1, 0.15) is 10.5 Å². The lowest BCUT2D eigenvalue weighted by Crippen LogP contribution is -2.31. The Balaban J connectivity index is 1.71. The Labute approximate surface area is 164 Å². The lowest BCUT2D eigenvalue weighted by molar-refractivity contribution is -0.117. The molecule has 0 spiro atoms. The number of benzene rings is 2. The van der Waals surface area contributed by atoms with Crippen LogP contribution in [0.3, 0.4) is 0 Å². The maximum absolute atomic E-state index is 13.6. The Bertz CT molecular complexity index is 1100. The van der Waals surface area contributed by atoms with Crippen molar-refractivity contribution in [1.29, 1.82) is 0 Å². The normalized spacial score (nSPS) is 10.3. The molecule has 0 unspecified atom stereocenters. The summed E-state index contributed by atoms with van der Waals surface area (Å²) in [5, 5.41) is 8.91. The van der Waals surface area contributed by atoms with Gasteiger partial charge in [0.2, 0.25) is 5.91 Å². The molecule has 3 aromatic rings. The molecule has 0 bridgehead atoms. The highest BCUT2D eigenvalue weighted by Gasteiger charge is 2.13. The van der Waals surface area contributed by atoms with Crippen LogP contribution in [0.25, 0.3) is 0 Å². The van der Waals surface area contributed by atoms with Gasteiger partial charge in [0.05, 0.1) is 12.8 Å². The molecule has 0 radical (unpaired) electrons. The summed E-state index contributed by atoms with van der Waals surface area (Å²) in [6.07, 6.45) is 0. The predicted octanol–water partition coefficient (Wildman–Crippen LogP) is 2.28. The summed E-state index contributed by atoms with van der Waals surface area (Å²) in [7, 11) is 1.53. The van der Waals surface area contributed by atoms with E-state index in [9.17, 15) is 18.8 Å². The van der Waals surface area contributed by atoms with Crippen molar-refractivity contribution < 1.29 is 18.7 Å². The minimum Gasteiger partial charge on any atom is -0.497 e. The van der Waals surface area contributed by atoms with E-state index < -0.39 is 29.7 Å². The molecule has 0 saturated carbocycles. The number of anilines is 2. The van der Waals surface area contributed by atoms with Gasteiger partial charge in [0.1, 0.15) is 23.8 Å². The number of nitrogens with zero attached hydrogens (tertiary/aromatic N) is 2. The Kier molecular flexibility index (Phi) is 5.98. The first kappa shape index (κ1) is 19.7. The molecule has 148 valence electrons. The molecular weight excluding hydrogens is 379 g/mol. The first-order chi connectivity index (χ1) is 14.0. The van der Waals surface area contributed by atoms with Crippen molar-refractivity contribution in [2.45, 2.75) is 6.54 Å². The van der Waals surface area contributed by atoms with Crippen molar-refractivity contribution in [1.82, 2.24) is 9.78 Å². The van der Waals surface area contributed by atoms with Crippen LogP contribution in [0.15, 0.2) is 65.5 Å². The van der Waals surface area contributed by atoms with Gasteiger partial charge in [-0.1, -0.05) is 12.1 Å². The fraction of sp³-hybridized carbons (Fsp3) is 0.100. The highest BCUT2D eigenvalue weighted by atomic mass is 19.1. The van der Waals surface area contributed by atoms with E-state index in [1.807, 2.05) is 0 Å². The van der Waals surface area contributed by atoms with Gasteiger partial charge in [-0.25, -0.2) is 9.07 Å². The second-order valence-corrected chi connectivity index (χ2v) is 5.93. The van der Waals surface area contributed by atoms with Crippen LogP contribution in [0, 0.1) is 5.82 Å². The fourth-order valence-corrected chi connectivity index (χ4v) is 2.44. The van der Waals surface area contributed by atoms with E-state index in [0.29, 0.717) is 11.4 Å². The van der Waals surface area contributed by atoms with Crippen LogP contribution in [0.2, 0.25) is 0 Å². The zero-order chi connectivity index (χ0) is 20.8. The van der Waals surface area contributed by atoms with E-state index in [0.717, 1.165) is 10.7 Å². The number of hydrogen-bond acceptors (Lipinski definition) is 5. The van der Waals surface area contributed by atoms with Crippen LogP contribution in [-0.4, -0.2) is 28.7 Å². The molecule has 2 N–H and O–H groups in total. The number of para-hydroxylation sites is 1. The van der Waals surface area contributed by atoms with Gasteiger partial charge in [-0.05, 0) is 42.5 Å².